The van der Waals surface area contributed by atoms with Crippen LogP contribution in [0.1, 0.15) is 53.4 Å². The molecule has 0 spiro atoms. The first-order chi connectivity index (χ1) is 5.79. The summed E-state index contributed by atoms with van der Waals surface area (Å²) in [4.78, 5) is 0. The molecule has 0 aliphatic rings. The van der Waals surface area contributed by atoms with Crippen LogP contribution in [-0.4, -0.2) is 21.4 Å². The van der Waals surface area contributed by atoms with Crippen LogP contribution in [0.4, 0.5) is 0 Å². The van der Waals surface area contributed by atoms with E-state index in [9.17, 15) is 0 Å². The van der Waals surface area contributed by atoms with Crippen molar-refractivity contribution in [3.8, 4) is 0 Å². The fourth-order valence-electron chi connectivity index (χ4n) is 2.19. The van der Waals surface area contributed by atoms with E-state index >= 15 is 0 Å². The van der Waals surface area contributed by atoms with E-state index in [0.29, 0.717) is 0 Å². The van der Waals surface area contributed by atoms with Gasteiger partial charge in [0, 0.05) is 0 Å². The molecular formula is C11H25In. The molecule has 72 valence electrons. The number of unbranched alkanes of at least 4 members (excludes halogenated alkanes) is 1. The average Bonchev–Trinajstić information content (AvgIpc) is 2.12. The molecular weight excluding hydrogens is 247 g/mol. The predicted octanol–water partition coefficient (Wildman–Crippen LogP) is 4.49. The van der Waals surface area contributed by atoms with Crippen LogP contribution in [-0.2, 0) is 0 Å². The standard InChI is InChI=1S/C7H15.2C2H5.In/c1-3-5-7-6-4-2;2*1-2;/h5H,3-4,6-7H2,1-2H3;2*1H2,2H3;. The summed E-state index contributed by atoms with van der Waals surface area (Å²) in [6.45, 7) is 9.57. The van der Waals surface area contributed by atoms with E-state index < -0.39 is 21.4 Å². The summed E-state index contributed by atoms with van der Waals surface area (Å²) in [5.74, 6) is 0. The third kappa shape index (κ3) is 4.79. The van der Waals surface area contributed by atoms with Gasteiger partial charge in [0.1, 0.15) is 0 Å². The van der Waals surface area contributed by atoms with Crippen molar-refractivity contribution in [3.05, 3.63) is 0 Å². The Morgan fingerprint density at radius 2 is 1.58 bits per heavy atom. The number of hydrogen-bond donors (Lipinski definition) is 0. The first-order valence-corrected chi connectivity index (χ1v) is 12.4. The molecule has 1 unspecified atom stereocenters. The van der Waals surface area contributed by atoms with E-state index in [1.165, 1.54) is 22.9 Å². The zero-order valence-corrected chi connectivity index (χ0v) is 12.7. The quantitative estimate of drug-likeness (QED) is 0.640. The first kappa shape index (κ1) is 12.9. The van der Waals surface area contributed by atoms with Gasteiger partial charge in [0.2, 0.25) is 0 Å². The third-order valence-corrected chi connectivity index (χ3v) is 15.3. The Bertz CT molecular complexity index is 87.0. The van der Waals surface area contributed by atoms with Gasteiger partial charge < -0.3 is 0 Å². The summed E-state index contributed by atoms with van der Waals surface area (Å²) in [7, 11) is 0. The van der Waals surface area contributed by atoms with Gasteiger partial charge in [0.05, 0.1) is 0 Å². The number of hydrogen-bond acceptors (Lipinski definition) is 0. The second-order valence-corrected chi connectivity index (χ2v) is 15.6. The van der Waals surface area contributed by atoms with Gasteiger partial charge in [-0.05, 0) is 0 Å². The molecule has 0 rings (SSSR count). The maximum absolute atomic E-state index is 2.43. The molecule has 0 saturated heterocycles. The summed E-state index contributed by atoms with van der Waals surface area (Å²) in [5.41, 5.74) is 0. The van der Waals surface area contributed by atoms with Crippen LogP contribution in [0.3, 0.4) is 0 Å². The Labute approximate surface area is 86.7 Å². The summed E-state index contributed by atoms with van der Waals surface area (Å²) >= 11 is -1.02. The Kier molecular flexibility index (Phi) is 9.08. The van der Waals surface area contributed by atoms with Gasteiger partial charge in [-0.15, -0.1) is 0 Å². The van der Waals surface area contributed by atoms with E-state index in [1.807, 2.05) is 0 Å². The van der Waals surface area contributed by atoms with Crippen LogP contribution in [0.2, 0.25) is 12.0 Å². The molecule has 0 heterocycles. The van der Waals surface area contributed by atoms with E-state index in [0.717, 1.165) is 0 Å². The van der Waals surface area contributed by atoms with Gasteiger partial charge in [0.25, 0.3) is 0 Å². The van der Waals surface area contributed by atoms with E-state index in [-0.39, 0.29) is 0 Å². The van der Waals surface area contributed by atoms with Crippen LogP contribution in [0.25, 0.3) is 0 Å². The molecule has 0 aromatic heterocycles. The van der Waals surface area contributed by atoms with Crippen LogP contribution < -0.4 is 0 Å². The summed E-state index contributed by atoms with van der Waals surface area (Å²) in [6, 6.07) is 0. The van der Waals surface area contributed by atoms with Crippen molar-refractivity contribution in [2.75, 3.05) is 0 Å². The Balaban J connectivity index is 3.75. The number of rotatable bonds is 7. The van der Waals surface area contributed by atoms with Gasteiger partial charge in [-0.3, -0.25) is 0 Å². The minimum absolute atomic E-state index is 1.02. The van der Waals surface area contributed by atoms with Gasteiger partial charge in [0.15, 0.2) is 0 Å². The van der Waals surface area contributed by atoms with E-state index in [2.05, 4.69) is 27.7 Å². The zero-order valence-electron chi connectivity index (χ0n) is 9.40. The Morgan fingerprint density at radius 3 is 1.92 bits per heavy atom. The van der Waals surface area contributed by atoms with Crippen molar-refractivity contribution in [2.24, 2.45) is 0 Å². The molecule has 0 amide bonds. The molecule has 0 nitrogen and oxygen atoms in total. The molecule has 0 fully saturated rings. The normalized spacial score (nSPS) is 13.0. The molecule has 0 bridgehead atoms. The Morgan fingerprint density at radius 1 is 1.00 bits per heavy atom. The minimum atomic E-state index is -1.02. The molecule has 1 heteroatoms. The van der Waals surface area contributed by atoms with E-state index in [1.54, 1.807) is 14.8 Å². The van der Waals surface area contributed by atoms with Crippen molar-refractivity contribution < 1.29 is 0 Å². The Hall–Kier alpha value is 0.870. The van der Waals surface area contributed by atoms with Gasteiger partial charge in [-0.25, -0.2) is 0 Å². The van der Waals surface area contributed by atoms with Gasteiger partial charge >= 0.3 is 86.8 Å². The summed E-state index contributed by atoms with van der Waals surface area (Å²) in [5, 5.41) is 0. The van der Waals surface area contributed by atoms with Gasteiger partial charge in [-0.1, -0.05) is 0 Å². The average molecular weight is 272 g/mol. The summed E-state index contributed by atoms with van der Waals surface area (Å²) in [6.07, 6.45) is 5.90. The van der Waals surface area contributed by atoms with Gasteiger partial charge in [-0.2, -0.15) is 0 Å². The zero-order chi connectivity index (χ0) is 9.40. The molecule has 0 aliphatic heterocycles. The SMILES string of the molecule is CCCC[CH](CC)[In]([CH2]C)[CH2]C. The molecule has 1 atom stereocenters. The van der Waals surface area contributed by atoms with Crippen molar-refractivity contribution in [2.45, 2.75) is 65.4 Å². The fraction of sp³-hybridized carbons (Fsp3) is 1.00. The second-order valence-electron chi connectivity index (χ2n) is 3.89. The molecule has 0 radical (unpaired) electrons. The fourth-order valence-corrected chi connectivity index (χ4v) is 11.6. The predicted molar refractivity (Wildman–Crippen MR) is 60.3 cm³/mol. The molecule has 0 N–H and O–H groups in total. The van der Waals surface area contributed by atoms with Crippen LogP contribution in [0.5, 0.6) is 0 Å². The first-order valence-electron chi connectivity index (χ1n) is 5.79. The van der Waals surface area contributed by atoms with Crippen LogP contribution in [0.15, 0.2) is 0 Å². The molecule has 0 aromatic carbocycles. The van der Waals surface area contributed by atoms with E-state index in [4.69, 9.17) is 0 Å². The van der Waals surface area contributed by atoms with Crippen molar-refractivity contribution in [1.82, 2.24) is 0 Å². The third-order valence-electron chi connectivity index (χ3n) is 3.17. The molecule has 0 aromatic rings. The van der Waals surface area contributed by atoms with Crippen molar-refractivity contribution in [1.29, 1.82) is 0 Å². The molecule has 0 saturated carbocycles. The van der Waals surface area contributed by atoms with Crippen molar-refractivity contribution >= 4 is 21.4 Å². The topological polar surface area (TPSA) is 0 Å². The monoisotopic (exact) mass is 272 g/mol. The maximum atomic E-state index is 2.43. The summed E-state index contributed by atoms with van der Waals surface area (Å²) < 4.78 is 4.38. The second kappa shape index (κ2) is 8.47. The van der Waals surface area contributed by atoms with Crippen molar-refractivity contribution in [3.63, 3.8) is 0 Å². The van der Waals surface area contributed by atoms with Crippen LogP contribution in [0, 0.1) is 0 Å². The molecule has 0 aliphatic carbocycles. The molecule has 12 heavy (non-hydrogen) atoms. The van der Waals surface area contributed by atoms with Crippen LogP contribution >= 0.6 is 0 Å².